The number of amides is 1. The van der Waals surface area contributed by atoms with E-state index in [4.69, 9.17) is 4.74 Å². The maximum absolute atomic E-state index is 11.2. The molecule has 0 unspecified atom stereocenters. The number of aromatic nitrogens is 1. The Balaban J connectivity index is 2.60. The first-order valence-electron chi connectivity index (χ1n) is 4.66. The molecule has 80 valence electrons. The van der Waals surface area contributed by atoms with E-state index in [-0.39, 0.29) is 5.91 Å². The molecule has 0 aliphatic heterocycles. The summed E-state index contributed by atoms with van der Waals surface area (Å²) in [5, 5.41) is 2.73. The van der Waals surface area contributed by atoms with Crippen molar-refractivity contribution in [1.29, 1.82) is 0 Å². The van der Waals surface area contributed by atoms with Crippen LogP contribution in [0.1, 0.15) is 12.5 Å². The van der Waals surface area contributed by atoms with Crippen molar-refractivity contribution in [2.45, 2.75) is 13.5 Å². The molecule has 0 aliphatic rings. The van der Waals surface area contributed by atoms with Crippen molar-refractivity contribution >= 4 is 5.91 Å². The highest BCUT2D eigenvalue weighted by Gasteiger charge is 2.03. The van der Waals surface area contributed by atoms with Crippen LogP contribution in [0.15, 0.2) is 30.5 Å². The number of nitrogens with zero attached hydrogens (tertiary/aromatic N) is 1. The van der Waals surface area contributed by atoms with E-state index in [2.05, 4.69) is 10.3 Å². The highest BCUT2D eigenvalue weighted by Crippen LogP contribution is 2.12. The predicted molar refractivity (Wildman–Crippen MR) is 57.4 cm³/mol. The van der Waals surface area contributed by atoms with Gasteiger partial charge in [0.2, 0.25) is 11.8 Å². The molecule has 0 radical (unpaired) electrons. The van der Waals surface area contributed by atoms with Crippen LogP contribution in [0.3, 0.4) is 0 Å². The van der Waals surface area contributed by atoms with Crippen molar-refractivity contribution in [2.75, 3.05) is 7.11 Å². The van der Waals surface area contributed by atoms with Gasteiger partial charge in [-0.2, -0.15) is 0 Å². The Morgan fingerprint density at radius 2 is 2.47 bits per heavy atom. The summed E-state index contributed by atoms with van der Waals surface area (Å²) in [4.78, 5) is 15.2. The lowest BCUT2D eigenvalue weighted by Crippen LogP contribution is -2.20. The van der Waals surface area contributed by atoms with E-state index >= 15 is 0 Å². The SMILES string of the molecule is CC=CC(=O)NCc1cccnc1OC. The standard InChI is InChI=1S/C11H14N2O2/c1-3-5-10(14)13-8-9-6-4-7-12-11(9)15-2/h3-7H,8H2,1-2H3,(H,13,14). The van der Waals surface area contributed by atoms with Crippen molar-refractivity contribution in [3.63, 3.8) is 0 Å². The topological polar surface area (TPSA) is 51.2 Å². The van der Waals surface area contributed by atoms with Crippen LogP contribution in [0.4, 0.5) is 0 Å². The second kappa shape index (κ2) is 5.80. The monoisotopic (exact) mass is 206 g/mol. The molecule has 0 fully saturated rings. The number of hydrogen-bond acceptors (Lipinski definition) is 3. The minimum atomic E-state index is -0.122. The summed E-state index contributed by atoms with van der Waals surface area (Å²) in [5.41, 5.74) is 0.859. The zero-order valence-corrected chi connectivity index (χ0v) is 8.86. The van der Waals surface area contributed by atoms with E-state index in [1.54, 1.807) is 32.4 Å². The van der Waals surface area contributed by atoms with Crippen LogP contribution in [0, 0.1) is 0 Å². The Morgan fingerprint density at radius 3 is 3.13 bits per heavy atom. The van der Waals surface area contributed by atoms with Crippen LogP contribution in [-0.2, 0) is 11.3 Å². The van der Waals surface area contributed by atoms with Gasteiger partial charge in [0.15, 0.2) is 0 Å². The third kappa shape index (κ3) is 3.42. The van der Waals surface area contributed by atoms with Gasteiger partial charge in [-0.1, -0.05) is 12.1 Å². The second-order valence-corrected chi connectivity index (χ2v) is 2.89. The lowest BCUT2D eigenvalue weighted by molar-refractivity contribution is -0.116. The Hall–Kier alpha value is -1.84. The maximum Gasteiger partial charge on any atom is 0.243 e. The molecular formula is C11H14N2O2. The molecule has 1 N–H and O–H groups in total. The Bertz CT molecular complexity index is 361. The van der Waals surface area contributed by atoms with Gasteiger partial charge >= 0.3 is 0 Å². The van der Waals surface area contributed by atoms with Gasteiger partial charge in [-0.15, -0.1) is 0 Å². The van der Waals surface area contributed by atoms with Crippen molar-refractivity contribution in [3.05, 3.63) is 36.0 Å². The molecular weight excluding hydrogens is 192 g/mol. The molecule has 1 amide bonds. The molecule has 0 saturated heterocycles. The number of rotatable bonds is 4. The normalized spacial score (nSPS) is 10.3. The first-order valence-corrected chi connectivity index (χ1v) is 4.66. The predicted octanol–water partition coefficient (Wildman–Crippen LogP) is 1.28. The largest absolute Gasteiger partial charge is 0.481 e. The molecule has 0 bridgehead atoms. The fraction of sp³-hybridized carbons (Fsp3) is 0.273. The number of carbonyl (C=O) groups excluding carboxylic acids is 1. The van der Waals surface area contributed by atoms with Crippen LogP contribution in [0.2, 0.25) is 0 Å². The number of ether oxygens (including phenoxy) is 1. The van der Waals surface area contributed by atoms with E-state index in [1.807, 2.05) is 6.07 Å². The lowest BCUT2D eigenvalue weighted by Gasteiger charge is -2.06. The van der Waals surface area contributed by atoms with Gasteiger partial charge in [0.1, 0.15) is 0 Å². The van der Waals surface area contributed by atoms with Crippen LogP contribution >= 0.6 is 0 Å². The molecule has 4 heteroatoms. The summed E-state index contributed by atoms with van der Waals surface area (Å²) in [5.74, 6) is 0.418. The third-order valence-corrected chi connectivity index (χ3v) is 1.81. The molecule has 4 nitrogen and oxygen atoms in total. The molecule has 0 aromatic carbocycles. The Kier molecular flexibility index (Phi) is 4.34. The Labute approximate surface area is 89.0 Å². The summed E-state index contributed by atoms with van der Waals surface area (Å²) in [6.45, 7) is 2.21. The molecule has 0 saturated carbocycles. The number of pyridine rings is 1. The van der Waals surface area contributed by atoms with E-state index in [0.717, 1.165) is 5.56 Å². The van der Waals surface area contributed by atoms with Crippen LogP contribution in [-0.4, -0.2) is 18.0 Å². The molecule has 1 aromatic rings. The summed E-state index contributed by atoms with van der Waals surface area (Å²) < 4.78 is 5.06. The van der Waals surface area contributed by atoms with Gasteiger partial charge in [0.05, 0.1) is 7.11 Å². The van der Waals surface area contributed by atoms with Crippen LogP contribution in [0.5, 0.6) is 5.88 Å². The Morgan fingerprint density at radius 1 is 1.67 bits per heavy atom. The van der Waals surface area contributed by atoms with E-state index in [9.17, 15) is 4.79 Å². The average Bonchev–Trinajstić information content (AvgIpc) is 2.27. The first kappa shape index (κ1) is 11.2. The maximum atomic E-state index is 11.2. The summed E-state index contributed by atoms with van der Waals surface area (Å²) in [7, 11) is 1.56. The second-order valence-electron chi connectivity index (χ2n) is 2.89. The number of nitrogens with one attached hydrogen (secondary N) is 1. The van der Waals surface area contributed by atoms with Crippen molar-refractivity contribution in [3.8, 4) is 5.88 Å². The van der Waals surface area contributed by atoms with E-state index < -0.39 is 0 Å². The van der Waals surface area contributed by atoms with E-state index in [0.29, 0.717) is 12.4 Å². The summed E-state index contributed by atoms with van der Waals surface area (Å²) >= 11 is 0. The molecule has 1 heterocycles. The van der Waals surface area contributed by atoms with Gasteiger partial charge in [-0.25, -0.2) is 4.98 Å². The molecule has 15 heavy (non-hydrogen) atoms. The fourth-order valence-electron chi connectivity index (χ4n) is 1.14. The molecule has 0 atom stereocenters. The zero-order chi connectivity index (χ0) is 11.1. The molecule has 1 rings (SSSR count). The zero-order valence-electron chi connectivity index (χ0n) is 8.86. The van der Waals surface area contributed by atoms with Crippen LogP contribution in [0.25, 0.3) is 0 Å². The van der Waals surface area contributed by atoms with E-state index in [1.165, 1.54) is 6.08 Å². The van der Waals surface area contributed by atoms with Crippen LogP contribution < -0.4 is 10.1 Å². The van der Waals surface area contributed by atoms with Gasteiger partial charge in [0, 0.05) is 18.3 Å². The van der Waals surface area contributed by atoms with Crippen molar-refractivity contribution < 1.29 is 9.53 Å². The van der Waals surface area contributed by atoms with Gasteiger partial charge in [-0.05, 0) is 19.1 Å². The molecule has 0 aliphatic carbocycles. The number of hydrogen-bond donors (Lipinski definition) is 1. The third-order valence-electron chi connectivity index (χ3n) is 1.81. The average molecular weight is 206 g/mol. The summed E-state index contributed by atoms with van der Waals surface area (Å²) in [6.07, 6.45) is 4.81. The lowest BCUT2D eigenvalue weighted by atomic mass is 10.2. The number of methoxy groups -OCH3 is 1. The number of allylic oxidation sites excluding steroid dienone is 1. The van der Waals surface area contributed by atoms with Gasteiger partial charge in [-0.3, -0.25) is 4.79 Å². The fourth-order valence-corrected chi connectivity index (χ4v) is 1.14. The highest BCUT2D eigenvalue weighted by molar-refractivity contribution is 5.87. The van der Waals surface area contributed by atoms with Crippen molar-refractivity contribution in [2.24, 2.45) is 0 Å². The molecule has 0 spiro atoms. The minimum Gasteiger partial charge on any atom is -0.481 e. The van der Waals surface area contributed by atoms with Gasteiger partial charge in [0.25, 0.3) is 0 Å². The minimum absolute atomic E-state index is 0.122. The highest BCUT2D eigenvalue weighted by atomic mass is 16.5. The summed E-state index contributed by atoms with van der Waals surface area (Å²) in [6, 6.07) is 3.67. The van der Waals surface area contributed by atoms with Gasteiger partial charge < -0.3 is 10.1 Å². The molecule has 1 aromatic heterocycles. The van der Waals surface area contributed by atoms with Crippen molar-refractivity contribution in [1.82, 2.24) is 10.3 Å². The first-order chi connectivity index (χ1) is 7.27. The number of carbonyl (C=O) groups is 1. The quantitative estimate of drug-likeness (QED) is 0.755. The smallest absolute Gasteiger partial charge is 0.243 e.